The summed E-state index contributed by atoms with van der Waals surface area (Å²) >= 11 is 0. The van der Waals surface area contributed by atoms with Gasteiger partial charge < -0.3 is 35.8 Å². The standard InChI is InChI=1S/C41H37F6N13O5/c42-20-4-5-22(41(45,46)47)19(9-20)13-49-39(63)33-32-36(55-26-15-65-7-6-30(26)62)51-17-53-38(32)60(58-33)28-11-23(43)21(10-24(28)44)27-8-18(12-48)14-59(27)40(64)34-31-35(50-16-52-37(31)57-56-34)54-25-2-1-3-29(25)61/h4-5,9-11,16-18,25-27,29-30,61-62H,1-3,6-8,13-15H2,(H,49,63)(H,51,53,55)(H2,50,52,54,56,57)/t18?,25-,26-,27-,29-,30-/m1/s1. The number of nitrogens with one attached hydrogen (secondary N) is 4. The van der Waals surface area contributed by atoms with Gasteiger partial charge in [-0.2, -0.15) is 28.6 Å². The minimum atomic E-state index is -4.90. The number of rotatable bonds is 10. The summed E-state index contributed by atoms with van der Waals surface area (Å²) in [7, 11) is 0. The molecule has 2 amide bonds. The van der Waals surface area contributed by atoms with Gasteiger partial charge in [-0.25, -0.2) is 37.8 Å². The molecule has 4 aromatic heterocycles. The first kappa shape index (κ1) is 43.3. The lowest BCUT2D eigenvalue weighted by atomic mass is 9.99. The topological polar surface area (TPSA) is 245 Å². The molecular weight excluding hydrogens is 869 g/mol. The van der Waals surface area contributed by atoms with Gasteiger partial charge in [-0.05, 0) is 61.9 Å². The van der Waals surface area contributed by atoms with E-state index in [2.05, 4.69) is 57.3 Å². The second-order valence-corrected chi connectivity index (χ2v) is 16.0. The third-order valence-electron chi connectivity index (χ3n) is 11.9. The van der Waals surface area contributed by atoms with Crippen LogP contribution in [-0.2, 0) is 17.5 Å². The van der Waals surface area contributed by atoms with Crippen LogP contribution in [0.5, 0.6) is 0 Å². The molecule has 6 atom stereocenters. The maximum absolute atomic E-state index is 16.7. The number of amides is 2. The molecule has 0 radical (unpaired) electrons. The Morgan fingerprint density at radius 3 is 2.42 bits per heavy atom. The van der Waals surface area contributed by atoms with E-state index < -0.39 is 94.7 Å². The van der Waals surface area contributed by atoms with Gasteiger partial charge in [0.2, 0.25) is 0 Å². The number of nitrogens with zero attached hydrogens (tertiary/aromatic N) is 9. The van der Waals surface area contributed by atoms with Crippen LogP contribution in [0.2, 0.25) is 0 Å². The molecule has 2 aliphatic heterocycles. The maximum Gasteiger partial charge on any atom is 0.416 e. The zero-order valence-electron chi connectivity index (χ0n) is 33.8. The number of anilines is 2. The second-order valence-electron chi connectivity index (χ2n) is 16.0. The average molecular weight is 906 g/mol. The molecule has 1 unspecified atom stereocenters. The number of likely N-dealkylation sites (tertiary alicyclic amines) is 1. The van der Waals surface area contributed by atoms with Gasteiger partial charge in [0.25, 0.3) is 11.8 Å². The monoisotopic (exact) mass is 905 g/mol. The zero-order valence-corrected chi connectivity index (χ0v) is 33.8. The Balaban J connectivity index is 1.08. The molecule has 9 rings (SSSR count). The fourth-order valence-electron chi connectivity index (χ4n) is 8.64. The quantitative estimate of drug-likeness (QED) is 0.104. The van der Waals surface area contributed by atoms with Crippen LogP contribution in [0.3, 0.4) is 0 Å². The number of nitriles is 1. The lowest BCUT2D eigenvalue weighted by molar-refractivity contribution is -0.138. The first-order chi connectivity index (χ1) is 31.2. The van der Waals surface area contributed by atoms with Crippen molar-refractivity contribution in [1.82, 2.24) is 50.1 Å². The number of alkyl halides is 3. The van der Waals surface area contributed by atoms with Crippen LogP contribution >= 0.6 is 0 Å². The van der Waals surface area contributed by atoms with Gasteiger partial charge >= 0.3 is 6.18 Å². The number of aliphatic hydroxyl groups excluding tert-OH is 2. The third-order valence-corrected chi connectivity index (χ3v) is 11.9. The molecule has 6 aromatic rings. The van der Waals surface area contributed by atoms with Crippen LogP contribution < -0.4 is 16.0 Å². The molecular formula is C41H37F6N13O5. The van der Waals surface area contributed by atoms with Gasteiger partial charge in [0.1, 0.15) is 47.4 Å². The minimum Gasteiger partial charge on any atom is -0.391 e. The summed E-state index contributed by atoms with van der Waals surface area (Å²) in [6.45, 7) is -0.741. The molecule has 2 saturated heterocycles. The van der Waals surface area contributed by atoms with E-state index in [9.17, 15) is 42.6 Å². The van der Waals surface area contributed by atoms with Gasteiger partial charge in [-0.15, -0.1) is 0 Å². The summed E-state index contributed by atoms with van der Waals surface area (Å²) in [6.07, 6.45) is -2.10. The Morgan fingerprint density at radius 1 is 0.923 bits per heavy atom. The summed E-state index contributed by atoms with van der Waals surface area (Å²) in [5.74, 6) is -5.73. The van der Waals surface area contributed by atoms with E-state index in [1.54, 1.807) is 0 Å². The average Bonchev–Trinajstić information content (AvgIpc) is 4.09. The first-order valence-corrected chi connectivity index (χ1v) is 20.4. The van der Waals surface area contributed by atoms with Crippen LogP contribution in [0.1, 0.15) is 75.8 Å². The highest BCUT2D eigenvalue weighted by Gasteiger charge is 2.41. The third kappa shape index (κ3) is 8.21. The van der Waals surface area contributed by atoms with Crippen LogP contribution in [0.15, 0.2) is 43.0 Å². The minimum absolute atomic E-state index is 0.00354. The summed E-state index contributed by atoms with van der Waals surface area (Å²) in [6, 6.07) is 3.11. The van der Waals surface area contributed by atoms with E-state index in [1.807, 2.05) is 0 Å². The molecule has 1 aliphatic carbocycles. The normalized spacial score (nSPS) is 22.4. The highest BCUT2D eigenvalue weighted by atomic mass is 19.4. The number of H-pyrrole nitrogens is 1. The van der Waals surface area contributed by atoms with Crippen molar-refractivity contribution in [3.05, 3.63) is 88.5 Å². The zero-order chi connectivity index (χ0) is 45.7. The SMILES string of the molecule is N#CC1C[C@H](c2cc(F)c(-n3nc(C(=O)NCc4cc(F)ccc4C(F)(F)F)c4c(N[C@@H]5COCC[C@H]5O)ncnc43)cc2F)N(C(=O)c2n[nH]c3ncnc(N[C@@H]4CCC[C@H]4O)c23)C1. The summed E-state index contributed by atoms with van der Waals surface area (Å²) in [5.41, 5.74) is -3.50. The van der Waals surface area contributed by atoms with E-state index in [0.717, 1.165) is 29.6 Å². The molecule has 24 heteroatoms. The molecule has 2 aromatic carbocycles. The van der Waals surface area contributed by atoms with Crippen LogP contribution in [0, 0.1) is 34.7 Å². The largest absolute Gasteiger partial charge is 0.416 e. The van der Waals surface area contributed by atoms with Gasteiger partial charge in [-0.3, -0.25) is 14.7 Å². The molecule has 3 fully saturated rings. The van der Waals surface area contributed by atoms with Crippen molar-refractivity contribution in [2.45, 2.75) is 75.2 Å². The van der Waals surface area contributed by atoms with E-state index in [1.165, 1.54) is 11.2 Å². The van der Waals surface area contributed by atoms with Crippen molar-refractivity contribution in [3.8, 4) is 11.8 Å². The Bertz CT molecular complexity index is 2870. The molecule has 0 bridgehead atoms. The molecule has 6 heterocycles. The number of hydrogen-bond acceptors (Lipinski definition) is 14. The van der Waals surface area contributed by atoms with Gasteiger partial charge in [-0.1, -0.05) is 0 Å². The highest BCUT2D eigenvalue weighted by molar-refractivity contribution is 6.09. The Morgan fingerprint density at radius 2 is 1.68 bits per heavy atom. The number of aromatic nitrogens is 8. The summed E-state index contributed by atoms with van der Waals surface area (Å²) < 4.78 is 95.1. The van der Waals surface area contributed by atoms with E-state index in [-0.39, 0.29) is 83.6 Å². The molecule has 0 spiro atoms. The summed E-state index contributed by atoms with van der Waals surface area (Å²) in [5, 5.41) is 50.6. The highest BCUT2D eigenvalue weighted by Crippen LogP contribution is 2.40. The molecule has 18 nitrogen and oxygen atoms in total. The number of carbonyl (C=O) groups is 2. The molecule has 3 aliphatic rings. The fourth-order valence-corrected chi connectivity index (χ4v) is 8.64. The number of benzene rings is 2. The fraction of sp³-hybridized carbons (Fsp3) is 0.390. The molecule has 338 valence electrons. The summed E-state index contributed by atoms with van der Waals surface area (Å²) in [4.78, 5) is 46.3. The number of carbonyl (C=O) groups excluding carboxylic acids is 2. The number of hydrogen-bond donors (Lipinski definition) is 6. The second kappa shape index (κ2) is 17.2. The molecule has 1 saturated carbocycles. The lowest BCUT2D eigenvalue weighted by Crippen LogP contribution is -2.42. The smallest absolute Gasteiger partial charge is 0.391 e. The van der Waals surface area contributed by atoms with E-state index in [0.29, 0.717) is 31.0 Å². The van der Waals surface area contributed by atoms with E-state index >= 15 is 8.78 Å². The molecule has 65 heavy (non-hydrogen) atoms. The lowest BCUT2D eigenvalue weighted by Gasteiger charge is -2.28. The van der Waals surface area contributed by atoms with Gasteiger partial charge in [0.05, 0.1) is 65.3 Å². The Labute approximate surface area is 363 Å². The van der Waals surface area contributed by atoms with Crippen molar-refractivity contribution in [3.63, 3.8) is 0 Å². The van der Waals surface area contributed by atoms with Crippen molar-refractivity contribution in [1.29, 1.82) is 5.26 Å². The Hall–Kier alpha value is -6.97. The number of halogens is 6. The predicted octanol–water partition coefficient (Wildman–Crippen LogP) is 4.46. The van der Waals surface area contributed by atoms with Crippen molar-refractivity contribution < 1.29 is 50.9 Å². The maximum atomic E-state index is 16.7. The number of fused-ring (bicyclic) bond motifs is 2. The van der Waals surface area contributed by atoms with Gasteiger partial charge in [0, 0.05) is 31.3 Å². The van der Waals surface area contributed by atoms with Crippen LogP contribution in [0.4, 0.5) is 38.0 Å². The Kier molecular flexibility index (Phi) is 11.5. The predicted molar refractivity (Wildman–Crippen MR) is 214 cm³/mol. The van der Waals surface area contributed by atoms with Gasteiger partial charge in [0.15, 0.2) is 22.7 Å². The van der Waals surface area contributed by atoms with Crippen LogP contribution in [0.25, 0.3) is 27.8 Å². The van der Waals surface area contributed by atoms with Crippen molar-refractivity contribution >= 4 is 45.5 Å². The van der Waals surface area contributed by atoms with Crippen LogP contribution in [-0.4, -0.2) is 111 Å². The number of ether oxygens (including phenoxy) is 1. The van der Waals surface area contributed by atoms with Crippen molar-refractivity contribution in [2.75, 3.05) is 30.4 Å². The number of aliphatic hydroxyl groups is 2. The van der Waals surface area contributed by atoms with E-state index in [4.69, 9.17) is 4.74 Å². The first-order valence-electron chi connectivity index (χ1n) is 20.4. The molecule has 6 N–H and O–H groups in total. The van der Waals surface area contributed by atoms with Crippen molar-refractivity contribution in [2.24, 2.45) is 5.92 Å². The number of aromatic amines is 1.